The number of aliphatic carboxylic acids is 3. The Balaban J connectivity index is 2.89. The smallest absolute Gasteiger partial charge is 0.317 e. The van der Waals surface area contributed by atoms with Gasteiger partial charge in [0, 0.05) is 65.3 Å². The summed E-state index contributed by atoms with van der Waals surface area (Å²) in [6.45, 7) is 2.64. The van der Waals surface area contributed by atoms with Gasteiger partial charge in [0.25, 0.3) is 5.91 Å². The van der Waals surface area contributed by atoms with Crippen LogP contribution >= 0.6 is 0 Å². The predicted molar refractivity (Wildman–Crippen MR) is 167 cm³/mol. The monoisotopic (exact) mass is 691 g/mol. The van der Waals surface area contributed by atoms with Crippen LogP contribution in [-0.4, -0.2) is 214 Å². The number of aliphatic hydroxyl groups is 4. The fraction of sp³-hybridized carbons (Fsp3) is 0.750. The van der Waals surface area contributed by atoms with E-state index >= 15 is 0 Å². The Hall–Kier alpha value is -3.63. The molecule has 0 spiro atoms. The Kier molecular flexibility index (Phi) is 20.2. The normalized spacial score (nSPS) is 18.7. The van der Waals surface area contributed by atoms with E-state index in [4.69, 9.17) is 5.11 Å². The molecule has 1 fully saturated rings. The summed E-state index contributed by atoms with van der Waals surface area (Å²) >= 11 is 0. The summed E-state index contributed by atoms with van der Waals surface area (Å²) in [7, 11) is 0. The fourth-order valence-corrected chi connectivity index (χ4v) is 4.85. The second kappa shape index (κ2) is 22.9. The van der Waals surface area contributed by atoms with Gasteiger partial charge >= 0.3 is 17.9 Å². The first-order chi connectivity index (χ1) is 22.6. The molecule has 20 heteroatoms. The van der Waals surface area contributed by atoms with Crippen LogP contribution in [0.4, 0.5) is 0 Å². The van der Waals surface area contributed by atoms with E-state index in [0.717, 1.165) is 0 Å². The molecule has 0 aliphatic carbocycles. The molecule has 48 heavy (non-hydrogen) atoms. The maximum Gasteiger partial charge on any atom is 0.317 e. The Morgan fingerprint density at radius 2 is 1.06 bits per heavy atom. The van der Waals surface area contributed by atoms with Gasteiger partial charge in [-0.3, -0.25) is 48.4 Å². The van der Waals surface area contributed by atoms with Gasteiger partial charge in [0.05, 0.1) is 38.9 Å². The molecule has 1 aliphatic rings. The number of aliphatic hydroxyl groups excluding tert-OH is 4. The molecule has 0 radical (unpaired) electrons. The number of hydrogen-bond donors (Lipinski definition) is 9. The zero-order valence-corrected chi connectivity index (χ0v) is 26.9. The highest BCUT2D eigenvalue weighted by Gasteiger charge is 2.26. The highest BCUT2D eigenvalue weighted by Crippen LogP contribution is 2.06. The van der Waals surface area contributed by atoms with E-state index in [-0.39, 0.29) is 104 Å². The van der Waals surface area contributed by atoms with E-state index in [1.165, 1.54) is 0 Å². The summed E-state index contributed by atoms with van der Waals surface area (Å²) in [5.74, 6) is -5.23. The van der Waals surface area contributed by atoms with E-state index in [9.17, 15) is 59.4 Å². The Labute approximate surface area is 277 Å². The molecule has 1 saturated heterocycles. The summed E-state index contributed by atoms with van der Waals surface area (Å²) < 4.78 is 0. The van der Waals surface area contributed by atoms with Crippen molar-refractivity contribution in [2.75, 3.05) is 91.7 Å². The van der Waals surface area contributed by atoms with Gasteiger partial charge in [-0.1, -0.05) is 0 Å². The van der Waals surface area contributed by atoms with Crippen molar-refractivity contribution in [1.29, 1.82) is 0 Å². The fourth-order valence-electron chi connectivity index (χ4n) is 4.85. The maximum absolute atomic E-state index is 13.1. The molecule has 1 heterocycles. The highest BCUT2D eigenvalue weighted by atomic mass is 16.4. The van der Waals surface area contributed by atoms with E-state index in [2.05, 4.69) is 22.3 Å². The molecule has 4 atom stereocenters. The first-order valence-corrected chi connectivity index (χ1v) is 15.4. The van der Waals surface area contributed by atoms with Gasteiger partial charge in [-0.05, 0) is 19.6 Å². The first-order valence-electron chi connectivity index (χ1n) is 15.4. The van der Waals surface area contributed by atoms with Gasteiger partial charge in [-0.2, -0.15) is 0 Å². The molecule has 0 unspecified atom stereocenters. The average molecular weight is 692 g/mol. The largest absolute Gasteiger partial charge is 0.480 e. The number of amides is 3. The number of nitrogens with zero attached hydrogens (tertiary/aromatic N) is 5. The van der Waals surface area contributed by atoms with Crippen molar-refractivity contribution in [2.24, 2.45) is 4.99 Å². The second-order valence-electron chi connectivity index (χ2n) is 11.4. The predicted octanol–water partition coefficient (Wildman–Crippen LogP) is -5.46. The molecule has 0 saturated carbocycles. The van der Waals surface area contributed by atoms with E-state index in [1.54, 1.807) is 19.6 Å². The summed E-state index contributed by atoms with van der Waals surface area (Å²) in [5, 5.41) is 70.8. The Morgan fingerprint density at radius 3 is 1.44 bits per heavy atom. The van der Waals surface area contributed by atoms with Crippen molar-refractivity contribution in [3.8, 4) is 0 Å². The van der Waals surface area contributed by atoms with Crippen LogP contribution in [0.15, 0.2) is 4.99 Å². The number of carboxylic acids is 3. The lowest BCUT2D eigenvalue weighted by Crippen LogP contribution is -2.51. The van der Waals surface area contributed by atoms with E-state index < -0.39 is 66.6 Å². The molecule has 20 nitrogen and oxygen atoms in total. The molecule has 3 amide bonds. The third-order valence-electron chi connectivity index (χ3n) is 7.56. The number of carboxylic acid groups (broad SMARTS) is 3. The maximum atomic E-state index is 13.1. The topological polar surface area (TPSA) is 293 Å². The average Bonchev–Trinajstić information content (AvgIpc) is 3.02. The van der Waals surface area contributed by atoms with Gasteiger partial charge in [-0.25, -0.2) is 4.99 Å². The number of nitrogens with one attached hydrogen (secondary N) is 2. The van der Waals surface area contributed by atoms with Crippen LogP contribution in [0.25, 0.3) is 0 Å². The van der Waals surface area contributed by atoms with Gasteiger partial charge in [0.1, 0.15) is 18.2 Å². The number of rotatable bonds is 19. The first kappa shape index (κ1) is 42.4. The van der Waals surface area contributed by atoms with Crippen LogP contribution in [0.3, 0.4) is 0 Å². The third-order valence-corrected chi connectivity index (χ3v) is 7.56. The van der Waals surface area contributed by atoms with Crippen LogP contribution in [-0.2, 0) is 28.8 Å². The third kappa shape index (κ3) is 18.1. The second-order valence-corrected chi connectivity index (χ2v) is 11.4. The minimum Gasteiger partial charge on any atom is -0.480 e. The molecule has 9 N–H and O–H groups in total. The van der Waals surface area contributed by atoms with Crippen LogP contribution < -0.4 is 10.6 Å². The van der Waals surface area contributed by atoms with Crippen LogP contribution in [0.1, 0.15) is 19.3 Å². The summed E-state index contributed by atoms with van der Waals surface area (Å²) in [6.07, 6.45) is -5.12. The summed E-state index contributed by atoms with van der Waals surface area (Å²) in [6, 6.07) is -1.22. The Morgan fingerprint density at radius 1 is 0.646 bits per heavy atom. The molecule has 274 valence electrons. The van der Waals surface area contributed by atoms with E-state index in [0.29, 0.717) is 0 Å². The van der Waals surface area contributed by atoms with Crippen molar-refractivity contribution >= 4 is 42.3 Å². The highest BCUT2D eigenvalue weighted by molar-refractivity contribution is 5.91. The lowest BCUT2D eigenvalue weighted by Gasteiger charge is -2.33. The SMILES string of the molecule is C=NC(=O)[C@@H](CCC(=O)NCC[C@@H](O)[C@H](O)[C@H](O)CO)NC(=O)CN1CCN(CC(=O)O)CCN(CC(=O)O)CCN(CC(=O)O)CC1. The lowest BCUT2D eigenvalue weighted by atomic mass is 10.1. The molecule has 0 bridgehead atoms. The zero-order valence-electron chi connectivity index (χ0n) is 26.9. The molecule has 0 aromatic rings. The molecular formula is C28H49N7O13. The summed E-state index contributed by atoms with van der Waals surface area (Å²) in [5.41, 5.74) is 0. The van der Waals surface area contributed by atoms with Gasteiger partial charge < -0.3 is 46.4 Å². The molecular weight excluding hydrogens is 642 g/mol. The summed E-state index contributed by atoms with van der Waals surface area (Å²) in [4.78, 5) is 81.9. The zero-order chi connectivity index (χ0) is 36.2. The van der Waals surface area contributed by atoms with Crippen molar-refractivity contribution in [1.82, 2.24) is 30.2 Å². The number of aliphatic imine (C=N–C) groups is 1. The molecule has 0 aromatic carbocycles. The van der Waals surface area contributed by atoms with Crippen LogP contribution in [0.5, 0.6) is 0 Å². The van der Waals surface area contributed by atoms with E-state index in [1.807, 2.05) is 0 Å². The van der Waals surface area contributed by atoms with Crippen molar-refractivity contribution in [3.63, 3.8) is 0 Å². The van der Waals surface area contributed by atoms with Gasteiger partial charge in [0.15, 0.2) is 0 Å². The van der Waals surface area contributed by atoms with Crippen LogP contribution in [0.2, 0.25) is 0 Å². The van der Waals surface area contributed by atoms with Crippen molar-refractivity contribution in [3.05, 3.63) is 0 Å². The minimum absolute atomic E-state index is 0.0930. The number of carbonyl (C=O) groups is 6. The number of carbonyl (C=O) groups excluding carboxylic acids is 3. The lowest BCUT2D eigenvalue weighted by molar-refractivity contribution is -0.140. The van der Waals surface area contributed by atoms with Gasteiger partial charge in [0.2, 0.25) is 11.8 Å². The molecule has 0 aromatic heterocycles. The standard InChI is InChI=1S/C28H49N7O13/c1-29-28(48)19(2-3-22(39)30-5-4-20(37)27(47)21(38)18-36)31-23(40)14-32-6-8-33(15-24(41)42)10-12-35(17-26(45)46)13-11-34(9-7-32)16-25(43)44/h19-21,27,36-38,47H,1-18H2,(H,30,39)(H,31,40)(H,41,42)(H,43,44)(H,45,46)/t19-,20-,21-,27+/m1/s1. The Bertz CT molecular complexity index is 1050. The van der Waals surface area contributed by atoms with Gasteiger partial charge in [-0.15, -0.1) is 0 Å². The number of hydrogen-bond acceptors (Lipinski definition) is 14. The van der Waals surface area contributed by atoms with Crippen molar-refractivity contribution in [2.45, 2.75) is 43.6 Å². The van der Waals surface area contributed by atoms with Crippen LogP contribution in [0, 0.1) is 0 Å². The molecule has 1 aliphatic heterocycles. The minimum atomic E-state index is -1.62. The van der Waals surface area contributed by atoms with Crippen molar-refractivity contribution < 1.29 is 64.5 Å². The quantitative estimate of drug-likeness (QED) is 0.0571. The molecule has 1 rings (SSSR count).